The second-order valence-electron chi connectivity index (χ2n) is 3.59. The molecule has 3 aromatic rings. The largest absolute Gasteiger partial charge is 0.507 e. The van der Waals surface area contributed by atoms with Crippen molar-refractivity contribution in [2.45, 2.75) is 0 Å². The molecule has 0 bridgehead atoms. The number of anilines is 1. The number of nitrogens with two attached hydrogens (primary N) is 1. The molecule has 0 aliphatic rings. The molecule has 3 rings (SSSR count). The molecule has 15 heavy (non-hydrogen) atoms. The van der Waals surface area contributed by atoms with Crippen molar-refractivity contribution >= 4 is 27.5 Å². The first-order chi connectivity index (χ1) is 7.27. The third-order valence-electron chi connectivity index (χ3n) is 2.67. The van der Waals surface area contributed by atoms with E-state index in [1.54, 1.807) is 12.1 Å². The van der Waals surface area contributed by atoms with E-state index in [1.807, 2.05) is 24.3 Å². The minimum Gasteiger partial charge on any atom is -0.507 e. The van der Waals surface area contributed by atoms with Gasteiger partial charge in [0, 0.05) is 10.9 Å². The van der Waals surface area contributed by atoms with Crippen molar-refractivity contribution in [3.05, 3.63) is 36.4 Å². The minimum atomic E-state index is 0.261. The van der Waals surface area contributed by atoms with Gasteiger partial charge in [-0.05, 0) is 18.2 Å². The molecule has 0 radical (unpaired) electrons. The molecule has 0 aliphatic heterocycles. The lowest BCUT2D eigenvalue weighted by Gasteiger charge is -1.98. The summed E-state index contributed by atoms with van der Waals surface area (Å²) < 4.78 is 0. The van der Waals surface area contributed by atoms with Crippen LogP contribution in [-0.4, -0.2) is 10.1 Å². The average Bonchev–Trinajstić information content (AvgIpc) is 2.64. The van der Waals surface area contributed by atoms with Gasteiger partial charge in [-0.25, -0.2) is 0 Å². The number of benzene rings is 2. The quantitative estimate of drug-likeness (QED) is 0.384. The van der Waals surface area contributed by atoms with Gasteiger partial charge in [-0.1, -0.05) is 18.2 Å². The summed E-state index contributed by atoms with van der Waals surface area (Å²) in [5.74, 6) is 0.261. The first kappa shape index (κ1) is 8.17. The number of hydrogen-bond donors (Lipinski definition) is 3. The Labute approximate surface area is 86.1 Å². The number of aromatic nitrogens is 1. The van der Waals surface area contributed by atoms with Crippen LogP contribution in [0.2, 0.25) is 0 Å². The van der Waals surface area contributed by atoms with E-state index in [0.717, 1.165) is 21.8 Å². The third-order valence-corrected chi connectivity index (χ3v) is 2.67. The van der Waals surface area contributed by atoms with Crippen molar-refractivity contribution in [1.82, 2.24) is 4.98 Å². The molecular weight excluding hydrogens is 188 g/mol. The normalized spacial score (nSPS) is 11.2. The molecule has 0 unspecified atom stereocenters. The molecule has 0 fully saturated rings. The van der Waals surface area contributed by atoms with Crippen molar-refractivity contribution in [3.63, 3.8) is 0 Å². The maximum absolute atomic E-state index is 9.81. The van der Waals surface area contributed by atoms with E-state index in [1.165, 1.54) is 0 Å². The Balaban J connectivity index is 2.66. The molecule has 74 valence electrons. The lowest BCUT2D eigenvalue weighted by molar-refractivity contribution is 0.482. The van der Waals surface area contributed by atoms with Crippen LogP contribution < -0.4 is 5.73 Å². The molecule has 1 heterocycles. The highest BCUT2D eigenvalue weighted by atomic mass is 16.3. The molecule has 3 nitrogen and oxygen atoms in total. The third kappa shape index (κ3) is 1.00. The molecule has 0 atom stereocenters. The molecule has 1 aromatic heterocycles. The SMILES string of the molecule is Nc1ccc(O)c2c1[nH]c1ccccc12. The zero-order valence-electron chi connectivity index (χ0n) is 7.99. The van der Waals surface area contributed by atoms with Gasteiger partial charge in [0.05, 0.1) is 16.6 Å². The van der Waals surface area contributed by atoms with Gasteiger partial charge < -0.3 is 15.8 Å². The van der Waals surface area contributed by atoms with E-state index in [2.05, 4.69) is 4.98 Å². The molecule has 0 spiro atoms. The number of fused-ring (bicyclic) bond motifs is 3. The fourth-order valence-corrected chi connectivity index (χ4v) is 1.96. The second-order valence-corrected chi connectivity index (χ2v) is 3.59. The number of hydrogen-bond acceptors (Lipinski definition) is 2. The lowest BCUT2D eigenvalue weighted by Crippen LogP contribution is -1.85. The van der Waals surface area contributed by atoms with Crippen LogP contribution in [0.5, 0.6) is 5.75 Å². The van der Waals surface area contributed by atoms with Crippen LogP contribution in [0.25, 0.3) is 21.8 Å². The number of aromatic hydroxyl groups is 1. The summed E-state index contributed by atoms with van der Waals surface area (Å²) >= 11 is 0. The number of H-pyrrole nitrogens is 1. The van der Waals surface area contributed by atoms with Gasteiger partial charge >= 0.3 is 0 Å². The van der Waals surface area contributed by atoms with E-state index < -0.39 is 0 Å². The molecule has 2 aromatic carbocycles. The summed E-state index contributed by atoms with van der Waals surface area (Å²) in [6.45, 7) is 0. The Morgan fingerprint density at radius 3 is 2.73 bits per heavy atom. The Hall–Kier alpha value is -2.16. The lowest BCUT2D eigenvalue weighted by atomic mass is 10.1. The predicted octanol–water partition coefficient (Wildman–Crippen LogP) is 2.61. The maximum atomic E-state index is 9.81. The highest BCUT2D eigenvalue weighted by molar-refractivity contribution is 6.13. The topological polar surface area (TPSA) is 62.0 Å². The summed E-state index contributed by atoms with van der Waals surface area (Å²) in [5.41, 5.74) is 8.29. The summed E-state index contributed by atoms with van der Waals surface area (Å²) in [4.78, 5) is 3.20. The standard InChI is InChI=1S/C12H10N2O/c13-8-5-6-10(15)11-7-3-1-2-4-9(7)14-12(8)11/h1-6,14-15H,13H2. The van der Waals surface area contributed by atoms with Crippen LogP contribution in [0.3, 0.4) is 0 Å². The first-order valence-electron chi connectivity index (χ1n) is 4.75. The zero-order valence-corrected chi connectivity index (χ0v) is 7.99. The number of nitrogen functional groups attached to an aromatic ring is 1. The Kier molecular flexibility index (Phi) is 1.45. The Morgan fingerprint density at radius 1 is 1.07 bits per heavy atom. The van der Waals surface area contributed by atoms with E-state index in [-0.39, 0.29) is 5.75 Å². The zero-order chi connectivity index (χ0) is 10.4. The van der Waals surface area contributed by atoms with E-state index >= 15 is 0 Å². The number of phenols is 1. The van der Waals surface area contributed by atoms with Crippen molar-refractivity contribution in [2.75, 3.05) is 5.73 Å². The van der Waals surface area contributed by atoms with Crippen molar-refractivity contribution in [2.24, 2.45) is 0 Å². The number of rotatable bonds is 0. The second kappa shape index (κ2) is 2.67. The summed E-state index contributed by atoms with van der Waals surface area (Å²) in [7, 11) is 0. The molecule has 0 saturated heterocycles. The number of phenolic OH excluding ortho intramolecular Hbond substituents is 1. The molecule has 4 N–H and O–H groups in total. The number of nitrogens with one attached hydrogen (secondary N) is 1. The summed E-state index contributed by atoms with van der Waals surface area (Å²) in [6.07, 6.45) is 0. The van der Waals surface area contributed by atoms with Crippen molar-refractivity contribution in [3.8, 4) is 5.75 Å². The molecule has 0 amide bonds. The number of para-hydroxylation sites is 1. The van der Waals surface area contributed by atoms with E-state index in [4.69, 9.17) is 5.73 Å². The van der Waals surface area contributed by atoms with Crippen LogP contribution >= 0.6 is 0 Å². The highest BCUT2D eigenvalue weighted by Gasteiger charge is 2.09. The van der Waals surface area contributed by atoms with Crippen LogP contribution in [0.1, 0.15) is 0 Å². The average molecular weight is 198 g/mol. The van der Waals surface area contributed by atoms with Gasteiger partial charge in [-0.2, -0.15) is 0 Å². The number of aromatic amines is 1. The highest BCUT2D eigenvalue weighted by Crippen LogP contribution is 2.35. The van der Waals surface area contributed by atoms with Crippen LogP contribution in [0.15, 0.2) is 36.4 Å². The molecule has 0 saturated carbocycles. The molecule has 0 aliphatic carbocycles. The van der Waals surface area contributed by atoms with Gasteiger partial charge in [0.2, 0.25) is 0 Å². The predicted molar refractivity (Wildman–Crippen MR) is 61.9 cm³/mol. The summed E-state index contributed by atoms with van der Waals surface area (Å²) in [5, 5.41) is 11.6. The molecular formula is C12H10N2O. The Bertz CT molecular complexity index is 655. The Morgan fingerprint density at radius 2 is 1.87 bits per heavy atom. The monoisotopic (exact) mass is 198 g/mol. The van der Waals surface area contributed by atoms with Gasteiger partial charge in [-0.15, -0.1) is 0 Å². The first-order valence-corrected chi connectivity index (χ1v) is 4.75. The maximum Gasteiger partial charge on any atom is 0.125 e. The van der Waals surface area contributed by atoms with Crippen LogP contribution in [-0.2, 0) is 0 Å². The fraction of sp³-hybridized carbons (Fsp3) is 0. The van der Waals surface area contributed by atoms with Crippen LogP contribution in [0, 0.1) is 0 Å². The van der Waals surface area contributed by atoms with Gasteiger partial charge in [0.1, 0.15) is 5.75 Å². The minimum absolute atomic E-state index is 0.261. The van der Waals surface area contributed by atoms with Crippen LogP contribution in [0.4, 0.5) is 5.69 Å². The van der Waals surface area contributed by atoms with Crippen molar-refractivity contribution in [1.29, 1.82) is 0 Å². The van der Waals surface area contributed by atoms with Gasteiger partial charge in [-0.3, -0.25) is 0 Å². The van der Waals surface area contributed by atoms with E-state index in [0.29, 0.717) is 5.69 Å². The summed E-state index contributed by atoms with van der Waals surface area (Å²) in [6, 6.07) is 11.1. The van der Waals surface area contributed by atoms with Gasteiger partial charge in [0.25, 0.3) is 0 Å². The smallest absolute Gasteiger partial charge is 0.125 e. The van der Waals surface area contributed by atoms with Crippen molar-refractivity contribution < 1.29 is 5.11 Å². The molecule has 3 heteroatoms. The van der Waals surface area contributed by atoms with E-state index in [9.17, 15) is 5.11 Å². The fourth-order valence-electron chi connectivity index (χ4n) is 1.96. The van der Waals surface area contributed by atoms with Gasteiger partial charge in [0.15, 0.2) is 0 Å².